The molecule has 0 saturated heterocycles. The van der Waals surface area contributed by atoms with Crippen molar-refractivity contribution in [2.75, 3.05) is 0 Å². The highest BCUT2D eigenvalue weighted by Crippen LogP contribution is 2.56. The lowest BCUT2D eigenvalue weighted by molar-refractivity contribution is 0.0707. The lowest BCUT2D eigenvalue weighted by Gasteiger charge is -2.48. The van der Waals surface area contributed by atoms with Gasteiger partial charge in [-0.25, -0.2) is 0 Å². The minimum atomic E-state index is 0.627. The maximum atomic E-state index is 2.51. The van der Waals surface area contributed by atoms with Gasteiger partial charge in [-0.3, -0.25) is 0 Å². The van der Waals surface area contributed by atoms with E-state index in [0.717, 1.165) is 23.7 Å². The van der Waals surface area contributed by atoms with E-state index in [1.165, 1.54) is 36.8 Å². The molecule has 6 unspecified atom stereocenters. The summed E-state index contributed by atoms with van der Waals surface area (Å²) in [4.78, 5) is 0. The zero-order valence-corrected chi connectivity index (χ0v) is 16.4. The predicted molar refractivity (Wildman–Crippen MR) is 118 cm³/mol. The summed E-state index contributed by atoms with van der Waals surface area (Å²) < 4.78 is 0. The van der Waals surface area contributed by atoms with Crippen molar-refractivity contribution in [2.45, 2.75) is 37.5 Å². The summed E-state index contributed by atoms with van der Waals surface area (Å²) in [5, 5.41) is 0. The van der Waals surface area contributed by atoms with Crippen molar-refractivity contribution < 1.29 is 0 Å². The van der Waals surface area contributed by atoms with E-state index in [0.29, 0.717) is 11.8 Å². The first-order valence-corrected chi connectivity index (χ1v) is 11.1. The van der Waals surface area contributed by atoms with E-state index >= 15 is 0 Å². The van der Waals surface area contributed by atoms with Gasteiger partial charge in [0.2, 0.25) is 0 Å². The third kappa shape index (κ3) is 2.50. The molecular formula is C28H28. The number of rotatable bonds is 2. The molecule has 0 amide bonds. The lowest BCUT2D eigenvalue weighted by Crippen LogP contribution is -2.39. The summed E-state index contributed by atoms with van der Waals surface area (Å²) in [5.41, 5.74) is 6.05. The fraction of sp³-hybridized carbons (Fsp3) is 0.357. The molecule has 0 radical (unpaired) electrons. The van der Waals surface area contributed by atoms with Gasteiger partial charge in [0.25, 0.3) is 0 Å². The Balaban J connectivity index is 1.32. The molecule has 140 valence electrons. The van der Waals surface area contributed by atoms with Crippen LogP contribution in [0.2, 0.25) is 0 Å². The topological polar surface area (TPSA) is 0 Å². The fourth-order valence-corrected chi connectivity index (χ4v) is 6.85. The van der Waals surface area contributed by atoms with E-state index in [-0.39, 0.29) is 0 Å². The minimum Gasteiger partial charge on any atom is -0.0882 e. The van der Waals surface area contributed by atoms with E-state index in [1.807, 2.05) is 0 Å². The molecule has 0 aromatic heterocycles. The number of hydrogen-bond donors (Lipinski definition) is 0. The molecule has 4 aliphatic rings. The maximum Gasteiger partial charge on any atom is 0.00583 e. The average Bonchev–Trinajstić information content (AvgIpc) is 3.37. The Morgan fingerprint density at radius 3 is 1.50 bits per heavy atom. The third-order valence-corrected chi connectivity index (χ3v) is 8.07. The van der Waals surface area contributed by atoms with Crippen LogP contribution in [0.5, 0.6) is 0 Å². The Bertz CT molecular complexity index is 896. The number of hydrogen-bond acceptors (Lipinski definition) is 0. The van der Waals surface area contributed by atoms with Gasteiger partial charge in [-0.05, 0) is 71.6 Å². The van der Waals surface area contributed by atoms with Crippen molar-refractivity contribution >= 4 is 12.2 Å². The highest BCUT2D eigenvalue weighted by molar-refractivity contribution is 5.63. The summed E-state index contributed by atoms with van der Waals surface area (Å²) in [6.45, 7) is 0. The summed E-state index contributed by atoms with van der Waals surface area (Å²) in [6, 6.07) is 18.1. The molecule has 0 heteroatoms. The first kappa shape index (κ1) is 16.6. The van der Waals surface area contributed by atoms with Crippen LogP contribution in [0.25, 0.3) is 12.2 Å². The maximum absolute atomic E-state index is 2.51. The van der Waals surface area contributed by atoms with Gasteiger partial charge in [0.15, 0.2) is 0 Å². The third-order valence-electron chi connectivity index (χ3n) is 8.07. The van der Waals surface area contributed by atoms with Crippen LogP contribution < -0.4 is 0 Å². The second-order valence-electron chi connectivity index (χ2n) is 9.20. The van der Waals surface area contributed by atoms with E-state index in [9.17, 15) is 0 Å². The van der Waals surface area contributed by atoms with Crippen LogP contribution in [0.1, 0.15) is 59.8 Å². The Hall–Kier alpha value is -2.34. The first-order chi connectivity index (χ1) is 13.9. The predicted octanol–water partition coefficient (Wildman–Crippen LogP) is 7.22. The summed E-state index contributed by atoms with van der Waals surface area (Å²) in [7, 11) is 0. The molecule has 1 saturated carbocycles. The van der Waals surface area contributed by atoms with Crippen LogP contribution in [-0.4, -0.2) is 0 Å². The zero-order chi connectivity index (χ0) is 18.5. The minimum absolute atomic E-state index is 0.627. The molecule has 0 N–H and O–H groups in total. The van der Waals surface area contributed by atoms with E-state index in [1.54, 1.807) is 11.1 Å². The Kier molecular flexibility index (Phi) is 3.93. The molecule has 0 bridgehead atoms. The molecule has 4 aliphatic carbocycles. The Morgan fingerprint density at radius 2 is 1.00 bits per heavy atom. The Morgan fingerprint density at radius 1 is 0.536 bits per heavy atom. The van der Waals surface area contributed by atoms with Gasteiger partial charge in [0.05, 0.1) is 0 Å². The zero-order valence-electron chi connectivity index (χ0n) is 16.4. The molecule has 6 atom stereocenters. The summed E-state index contributed by atoms with van der Waals surface area (Å²) >= 11 is 0. The molecular weight excluding hydrogens is 336 g/mol. The molecule has 28 heavy (non-hydrogen) atoms. The van der Waals surface area contributed by atoms with Gasteiger partial charge < -0.3 is 0 Å². The smallest absolute Gasteiger partial charge is 0.00583 e. The highest BCUT2D eigenvalue weighted by atomic mass is 14.5. The van der Waals surface area contributed by atoms with E-state index in [4.69, 9.17) is 0 Å². The summed E-state index contributed by atoms with van der Waals surface area (Å²) in [5.74, 6) is 4.50. The normalized spacial score (nSPS) is 34.9. The van der Waals surface area contributed by atoms with Gasteiger partial charge in [-0.2, -0.15) is 0 Å². The van der Waals surface area contributed by atoms with Crippen molar-refractivity contribution in [2.24, 2.45) is 23.7 Å². The molecule has 0 spiro atoms. The van der Waals surface area contributed by atoms with E-state index < -0.39 is 0 Å². The molecule has 0 aliphatic heterocycles. The van der Waals surface area contributed by atoms with Gasteiger partial charge in [-0.1, -0.05) is 85.0 Å². The van der Waals surface area contributed by atoms with Crippen LogP contribution in [0.4, 0.5) is 0 Å². The average molecular weight is 365 g/mol. The lowest BCUT2D eigenvalue weighted by atomic mass is 9.56. The number of benzene rings is 2. The molecule has 6 rings (SSSR count). The van der Waals surface area contributed by atoms with Gasteiger partial charge >= 0.3 is 0 Å². The van der Waals surface area contributed by atoms with Crippen molar-refractivity contribution in [1.29, 1.82) is 0 Å². The van der Waals surface area contributed by atoms with Gasteiger partial charge in [-0.15, -0.1) is 0 Å². The monoisotopic (exact) mass is 364 g/mol. The molecule has 2 aromatic rings. The van der Waals surface area contributed by atoms with Crippen LogP contribution in [0.15, 0.2) is 72.8 Å². The number of allylic oxidation sites excluding steroid dienone is 4. The van der Waals surface area contributed by atoms with E-state index in [2.05, 4.69) is 85.0 Å². The Labute approximate surface area is 168 Å². The van der Waals surface area contributed by atoms with Crippen molar-refractivity contribution in [3.05, 3.63) is 95.1 Å². The van der Waals surface area contributed by atoms with Gasteiger partial charge in [0, 0.05) is 11.8 Å². The van der Waals surface area contributed by atoms with Crippen molar-refractivity contribution in [3.63, 3.8) is 0 Å². The molecule has 0 heterocycles. The fourth-order valence-electron chi connectivity index (χ4n) is 6.85. The molecule has 0 nitrogen and oxygen atoms in total. The SMILES string of the molecule is C1=CCC2C(C3C=Cc4ccccc43)CCC(C3C=Cc4ccccc43)C2C1. The van der Waals surface area contributed by atoms with Crippen molar-refractivity contribution in [1.82, 2.24) is 0 Å². The second-order valence-corrected chi connectivity index (χ2v) is 9.20. The second kappa shape index (κ2) is 6.62. The van der Waals surface area contributed by atoms with Crippen LogP contribution >= 0.6 is 0 Å². The highest BCUT2D eigenvalue weighted by Gasteiger charge is 2.45. The van der Waals surface area contributed by atoms with Crippen LogP contribution in [-0.2, 0) is 0 Å². The summed E-state index contributed by atoms with van der Waals surface area (Å²) in [6.07, 6.45) is 20.0. The number of fused-ring (bicyclic) bond motifs is 3. The van der Waals surface area contributed by atoms with Crippen LogP contribution in [0.3, 0.4) is 0 Å². The van der Waals surface area contributed by atoms with Crippen LogP contribution in [0, 0.1) is 23.7 Å². The largest absolute Gasteiger partial charge is 0.0882 e. The van der Waals surface area contributed by atoms with Gasteiger partial charge in [0.1, 0.15) is 0 Å². The standard InChI is InChI=1S/C28H28/c1-3-9-21-19(7-1)13-15-25(21)27-17-18-28(24-12-6-5-11-23(24)27)26-16-14-20-8-2-4-10-22(20)26/h1-10,13-16,23-28H,11-12,17-18H2. The quantitative estimate of drug-likeness (QED) is 0.494. The van der Waals surface area contributed by atoms with Crippen molar-refractivity contribution in [3.8, 4) is 0 Å². The molecule has 1 fully saturated rings. The molecule has 2 aromatic carbocycles. The first-order valence-electron chi connectivity index (χ1n) is 11.1.